The van der Waals surface area contributed by atoms with Crippen molar-refractivity contribution < 1.29 is 18.3 Å². The first-order valence-electron chi connectivity index (χ1n) is 5.61. The summed E-state index contributed by atoms with van der Waals surface area (Å²) in [5.41, 5.74) is 0.518. The van der Waals surface area contributed by atoms with Crippen molar-refractivity contribution >= 4 is 5.69 Å². The fourth-order valence-electron chi connectivity index (χ4n) is 2.23. The third kappa shape index (κ3) is 2.65. The summed E-state index contributed by atoms with van der Waals surface area (Å²) < 4.78 is 38.6. The zero-order valence-corrected chi connectivity index (χ0v) is 9.24. The quantitative estimate of drug-likeness (QED) is 0.820. The maximum absolute atomic E-state index is 12.9. The summed E-state index contributed by atoms with van der Waals surface area (Å²) in [7, 11) is 0. The van der Waals surface area contributed by atoms with Crippen molar-refractivity contribution in [1.29, 1.82) is 0 Å². The van der Waals surface area contributed by atoms with Crippen molar-refractivity contribution in [3.8, 4) is 5.75 Å². The van der Waals surface area contributed by atoms with Gasteiger partial charge >= 0.3 is 6.18 Å². The van der Waals surface area contributed by atoms with Crippen molar-refractivity contribution in [2.75, 3.05) is 11.4 Å². The highest BCUT2D eigenvalue weighted by Crippen LogP contribution is 2.35. The second-order valence-corrected chi connectivity index (χ2v) is 4.26. The smallest absolute Gasteiger partial charge is 0.408 e. The maximum Gasteiger partial charge on any atom is 0.408 e. The highest BCUT2D eigenvalue weighted by Gasteiger charge is 2.44. The van der Waals surface area contributed by atoms with Crippen LogP contribution in [0.4, 0.5) is 18.9 Å². The number of phenolic OH excluding ortho intramolecular Hbond substituents is 1. The van der Waals surface area contributed by atoms with Crippen LogP contribution in [0.1, 0.15) is 19.3 Å². The number of halogens is 3. The van der Waals surface area contributed by atoms with Gasteiger partial charge in [-0.15, -0.1) is 0 Å². The topological polar surface area (TPSA) is 23.5 Å². The monoisotopic (exact) mass is 245 g/mol. The molecule has 0 spiro atoms. The Morgan fingerprint density at radius 2 is 1.76 bits per heavy atom. The summed E-state index contributed by atoms with van der Waals surface area (Å²) in [5.74, 6) is 0.0642. The lowest BCUT2D eigenvalue weighted by molar-refractivity contribution is -0.152. The van der Waals surface area contributed by atoms with Crippen LogP contribution in [0.2, 0.25) is 0 Å². The lowest BCUT2D eigenvalue weighted by Gasteiger charge is -2.38. The van der Waals surface area contributed by atoms with Crippen LogP contribution in [0.25, 0.3) is 0 Å². The zero-order chi connectivity index (χ0) is 12.5. The minimum absolute atomic E-state index is 0.0642. The van der Waals surface area contributed by atoms with Gasteiger partial charge in [-0.05, 0) is 43.5 Å². The van der Waals surface area contributed by atoms with Gasteiger partial charge in [-0.25, -0.2) is 0 Å². The van der Waals surface area contributed by atoms with Crippen LogP contribution in [0.5, 0.6) is 5.75 Å². The molecule has 0 aliphatic carbocycles. The average Bonchev–Trinajstić information content (AvgIpc) is 2.29. The summed E-state index contributed by atoms with van der Waals surface area (Å²) in [4.78, 5) is 1.38. The predicted octanol–water partition coefficient (Wildman–Crippen LogP) is 3.31. The highest BCUT2D eigenvalue weighted by molar-refractivity contribution is 5.50. The van der Waals surface area contributed by atoms with E-state index in [1.807, 2.05) is 0 Å². The number of phenols is 1. The van der Waals surface area contributed by atoms with Gasteiger partial charge in [0.25, 0.3) is 0 Å². The van der Waals surface area contributed by atoms with Gasteiger partial charge in [0.1, 0.15) is 11.8 Å². The van der Waals surface area contributed by atoms with Crippen molar-refractivity contribution in [3.63, 3.8) is 0 Å². The number of anilines is 1. The first kappa shape index (κ1) is 12.1. The molecule has 1 heterocycles. The van der Waals surface area contributed by atoms with E-state index in [0.717, 1.165) is 6.42 Å². The molecule has 0 bridgehead atoms. The van der Waals surface area contributed by atoms with Crippen molar-refractivity contribution in [2.45, 2.75) is 31.5 Å². The van der Waals surface area contributed by atoms with E-state index in [9.17, 15) is 13.2 Å². The van der Waals surface area contributed by atoms with E-state index in [1.54, 1.807) is 0 Å². The molecule has 17 heavy (non-hydrogen) atoms. The number of hydrogen-bond donors (Lipinski definition) is 1. The molecule has 5 heteroatoms. The van der Waals surface area contributed by atoms with E-state index < -0.39 is 12.2 Å². The number of nitrogens with zero attached hydrogens (tertiary/aromatic N) is 1. The number of aromatic hydroxyl groups is 1. The van der Waals surface area contributed by atoms with Crippen molar-refractivity contribution in [2.24, 2.45) is 0 Å². The van der Waals surface area contributed by atoms with Gasteiger partial charge in [0.2, 0.25) is 0 Å². The van der Waals surface area contributed by atoms with Crippen LogP contribution >= 0.6 is 0 Å². The molecule has 1 aromatic rings. The van der Waals surface area contributed by atoms with E-state index in [4.69, 9.17) is 5.11 Å². The van der Waals surface area contributed by atoms with Crippen LogP contribution in [-0.4, -0.2) is 23.9 Å². The fourth-order valence-corrected chi connectivity index (χ4v) is 2.23. The molecule has 1 N–H and O–H groups in total. The van der Waals surface area contributed by atoms with Crippen LogP contribution in [-0.2, 0) is 0 Å². The van der Waals surface area contributed by atoms with Gasteiger partial charge in [0.05, 0.1) is 0 Å². The molecule has 0 radical (unpaired) electrons. The maximum atomic E-state index is 12.9. The number of benzene rings is 1. The molecule has 94 valence electrons. The first-order valence-corrected chi connectivity index (χ1v) is 5.61. The highest BCUT2D eigenvalue weighted by atomic mass is 19.4. The minimum atomic E-state index is -4.20. The minimum Gasteiger partial charge on any atom is -0.508 e. The number of piperidine rings is 1. The van der Waals surface area contributed by atoms with Crippen LogP contribution in [0, 0.1) is 0 Å². The van der Waals surface area contributed by atoms with E-state index in [1.165, 1.54) is 29.2 Å². The molecule has 0 aromatic heterocycles. The second kappa shape index (κ2) is 4.47. The SMILES string of the molecule is Oc1ccc(N2CCCCC2C(F)(F)F)cc1. The summed E-state index contributed by atoms with van der Waals surface area (Å²) >= 11 is 0. The number of rotatable bonds is 1. The third-order valence-corrected chi connectivity index (χ3v) is 3.06. The largest absolute Gasteiger partial charge is 0.508 e. The van der Waals surface area contributed by atoms with Gasteiger partial charge in [-0.1, -0.05) is 0 Å². The predicted molar refractivity (Wildman–Crippen MR) is 59.1 cm³/mol. The molecule has 0 amide bonds. The molecule has 1 atom stereocenters. The van der Waals surface area contributed by atoms with Crippen molar-refractivity contribution in [1.82, 2.24) is 0 Å². The molecular formula is C12H14F3NO. The first-order chi connectivity index (χ1) is 7.98. The summed E-state index contributed by atoms with van der Waals surface area (Å²) in [5, 5.41) is 9.14. The Hall–Kier alpha value is -1.39. The molecule has 1 aromatic carbocycles. The van der Waals surface area contributed by atoms with Crippen molar-refractivity contribution in [3.05, 3.63) is 24.3 Å². The Labute approximate surface area is 97.7 Å². The molecule has 2 rings (SSSR count). The number of alkyl halides is 3. The Morgan fingerprint density at radius 3 is 2.35 bits per heavy atom. The molecule has 1 fully saturated rings. The van der Waals surface area contributed by atoms with Gasteiger partial charge in [-0.2, -0.15) is 13.2 Å². The Bertz CT molecular complexity index is 374. The van der Waals surface area contributed by atoms with E-state index in [-0.39, 0.29) is 12.2 Å². The standard InChI is InChI=1S/C12H14F3NO/c13-12(14,15)11-3-1-2-8-16(11)9-4-6-10(17)7-5-9/h4-7,11,17H,1-3,8H2. The average molecular weight is 245 g/mol. The van der Waals surface area contributed by atoms with E-state index in [0.29, 0.717) is 18.7 Å². The molecule has 1 saturated heterocycles. The molecule has 1 aliphatic heterocycles. The Morgan fingerprint density at radius 1 is 1.12 bits per heavy atom. The fraction of sp³-hybridized carbons (Fsp3) is 0.500. The number of hydrogen-bond acceptors (Lipinski definition) is 2. The lowest BCUT2D eigenvalue weighted by Crippen LogP contribution is -2.48. The molecule has 1 unspecified atom stereocenters. The summed E-state index contributed by atoms with van der Waals surface area (Å²) in [6, 6.07) is 4.48. The van der Waals surface area contributed by atoms with Crippen LogP contribution in [0.15, 0.2) is 24.3 Å². The van der Waals surface area contributed by atoms with Gasteiger partial charge < -0.3 is 10.0 Å². The van der Waals surface area contributed by atoms with Gasteiger partial charge in [0, 0.05) is 12.2 Å². The Balaban J connectivity index is 2.25. The molecule has 0 saturated carbocycles. The van der Waals surface area contributed by atoms with Crippen LogP contribution in [0.3, 0.4) is 0 Å². The van der Waals surface area contributed by atoms with Gasteiger partial charge in [-0.3, -0.25) is 0 Å². The summed E-state index contributed by atoms with van der Waals surface area (Å²) in [6.45, 7) is 0.412. The normalized spacial score (nSPS) is 21.6. The zero-order valence-electron chi connectivity index (χ0n) is 9.24. The van der Waals surface area contributed by atoms with Gasteiger partial charge in [0.15, 0.2) is 0 Å². The van der Waals surface area contributed by atoms with Crippen LogP contribution < -0.4 is 4.90 Å². The third-order valence-electron chi connectivity index (χ3n) is 3.06. The second-order valence-electron chi connectivity index (χ2n) is 4.26. The van der Waals surface area contributed by atoms with E-state index in [2.05, 4.69) is 0 Å². The Kier molecular flexibility index (Phi) is 3.17. The molecule has 2 nitrogen and oxygen atoms in total. The molecular weight excluding hydrogens is 231 g/mol. The molecule has 1 aliphatic rings. The summed E-state index contributed by atoms with van der Waals surface area (Å²) in [6.07, 6.45) is -2.67. The lowest BCUT2D eigenvalue weighted by atomic mass is 10.0. The van der Waals surface area contributed by atoms with E-state index >= 15 is 0 Å².